The van der Waals surface area contributed by atoms with Gasteiger partial charge in [-0.2, -0.15) is 0 Å². The monoisotopic (exact) mass is 255 g/mol. The lowest BCUT2D eigenvalue weighted by atomic mass is 9.91. The van der Waals surface area contributed by atoms with Crippen LogP contribution < -0.4 is 0 Å². The molecule has 2 rings (SSSR count). The van der Waals surface area contributed by atoms with Gasteiger partial charge in [0.25, 0.3) is 0 Å². The number of hydrogen-bond donors (Lipinski definition) is 1. The van der Waals surface area contributed by atoms with Gasteiger partial charge in [0.05, 0.1) is 6.61 Å². The molecule has 0 amide bonds. The van der Waals surface area contributed by atoms with Crippen LogP contribution in [-0.2, 0) is 6.42 Å². The van der Waals surface area contributed by atoms with Crippen molar-refractivity contribution >= 4 is 0 Å². The summed E-state index contributed by atoms with van der Waals surface area (Å²) in [5, 5.41) is 9.60. The molecule has 1 heterocycles. The summed E-state index contributed by atoms with van der Waals surface area (Å²) >= 11 is 0. The molecular weight excluding hydrogens is 234 g/mol. The van der Waals surface area contributed by atoms with Crippen molar-refractivity contribution in [3.63, 3.8) is 0 Å². The normalized spacial score (nSPS) is 12.6. The highest BCUT2D eigenvalue weighted by Crippen LogP contribution is 2.23. The van der Waals surface area contributed by atoms with Crippen LogP contribution in [0.5, 0.6) is 0 Å². The van der Waals surface area contributed by atoms with Crippen LogP contribution in [0.1, 0.15) is 42.4 Å². The second kappa shape index (κ2) is 6.48. The fourth-order valence-electron chi connectivity index (χ4n) is 2.24. The smallest absolute Gasteiger partial charge is 0.0502 e. The van der Waals surface area contributed by atoms with Crippen LogP contribution >= 0.6 is 0 Å². The molecule has 1 aromatic carbocycles. The first-order valence-electron chi connectivity index (χ1n) is 6.80. The lowest BCUT2D eigenvalue weighted by Gasteiger charge is -2.16. The lowest BCUT2D eigenvalue weighted by Crippen LogP contribution is -2.08. The zero-order valence-corrected chi connectivity index (χ0v) is 11.6. The molecule has 0 aliphatic rings. The van der Waals surface area contributed by atoms with E-state index in [0.717, 1.165) is 6.42 Å². The number of pyridine rings is 1. The van der Waals surface area contributed by atoms with Gasteiger partial charge in [0.1, 0.15) is 0 Å². The van der Waals surface area contributed by atoms with Gasteiger partial charge >= 0.3 is 0 Å². The Morgan fingerprint density at radius 3 is 2.05 bits per heavy atom. The Morgan fingerprint density at radius 1 is 0.947 bits per heavy atom. The SMILES string of the molecule is CC(C)c1ccc(C(CO)Cc2ccncc2)cc1. The van der Waals surface area contributed by atoms with Crippen molar-refractivity contribution in [2.24, 2.45) is 0 Å². The Hall–Kier alpha value is -1.67. The Morgan fingerprint density at radius 2 is 1.53 bits per heavy atom. The van der Waals surface area contributed by atoms with Gasteiger partial charge in [0, 0.05) is 18.3 Å². The molecule has 2 aromatic rings. The van der Waals surface area contributed by atoms with Crippen molar-refractivity contribution in [2.75, 3.05) is 6.61 Å². The summed E-state index contributed by atoms with van der Waals surface area (Å²) in [5.41, 5.74) is 3.75. The topological polar surface area (TPSA) is 33.1 Å². The maximum absolute atomic E-state index is 9.60. The van der Waals surface area contributed by atoms with E-state index in [4.69, 9.17) is 0 Å². The van der Waals surface area contributed by atoms with E-state index in [1.165, 1.54) is 16.7 Å². The van der Waals surface area contributed by atoms with Gasteiger partial charge in [-0.3, -0.25) is 4.98 Å². The van der Waals surface area contributed by atoms with Crippen LogP contribution in [0, 0.1) is 0 Å². The minimum Gasteiger partial charge on any atom is -0.396 e. The molecule has 0 aliphatic carbocycles. The first-order valence-corrected chi connectivity index (χ1v) is 6.80. The van der Waals surface area contributed by atoms with Crippen LogP contribution in [0.15, 0.2) is 48.8 Å². The number of aliphatic hydroxyl groups excluding tert-OH is 1. The standard InChI is InChI=1S/C17H21NO/c1-13(2)15-3-5-16(6-4-15)17(12-19)11-14-7-9-18-10-8-14/h3-10,13,17,19H,11-12H2,1-2H3. The van der Waals surface area contributed by atoms with Crippen LogP contribution in [-0.4, -0.2) is 16.7 Å². The van der Waals surface area contributed by atoms with Crippen LogP contribution in [0.2, 0.25) is 0 Å². The van der Waals surface area contributed by atoms with E-state index in [-0.39, 0.29) is 12.5 Å². The summed E-state index contributed by atoms with van der Waals surface area (Å²) in [6.07, 6.45) is 4.44. The van der Waals surface area contributed by atoms with Crippen molar-refractivity contribution in [3.05, 3.63) is 65.5 Å². The van der Waals surface area contributed by atoms with Crippen LogP contribution in [0.3, 0.4) is 0 Å². The molecule has 0 saturated heterocycles. The fraction of sp³-hybridized carbons (Fsp3) is 0.353. The van der Waals surface area contributed by atoms with Crippen molar-refractivity contribution in [1.29, 1.82) is 0 Å². The van der Waals surface area contributed by atoms with Crippen molar-refractivity contribution in [1.82, 2.24) is 4.98 Å². The molecule has 1 aromatic heterocycles. The average Bonchev–Trinajstić information content (AvgIpc) is 2.46. The Kier molecular flexibility index (Phi) is 4.69. The molecule has 19 heavy (non-hydrogen) atoms. The summed E-state index contributed by atoms with van der Waals surface area (Å²) in [5.74, 6) is 0.699. The molecular formula is C17H21NO. The van der Waals surface area contributed by atoms with Crippen molar-refractivity contribution < 1.29 is 5.11 Å². The first-order chi connectivity index (χ1) is 9.20. The molecule has 1 unspecified atom stereocenters. The Balaban J connectivity index is 2.13. The molecule has 1 N–H and O–H groups in total. The summed E-state index contributed by atoms with van der Waals surface area (Å²) in [4.78, 5) is 4.02. The van der Waals surface area contributed by atoms with Gasteiger partial charge in [-0.1, -0.05) is 38.1 Å². The van der Waals surface area contributed by atoms with E-state index >= 15 is 0 Å². The quantitative estimate of drug-likeness (QED) is 0.886. The summed E-state index contributed by atoms with van der Waals surface area (Å²) in [6, 6.07) is 12.6. The third-order valence-electron chi connectivity index (χ3n) is 3.53. The minimum atomic E-state index is 0.156. The molecule has 0 saturated carbocycles. The van der Waals surface area contributed by atoms with Gasteiger partial charge in [-0.15, -0.1) is 0 Å². The highest BCUT2D eigenvalue weighted by Gasteiger charge is 2.11. The zero-order chi connectivity index (χ0) is 13.7. The van der Waals surface area contributed by atoms with Crippen molar-refractivity contribution in [3.8, 4) is 0 Å². The number of benzene rings is 1. The van der Waals surface area contributed by atoms with Gasteiger partial charge < -0.3 is 5.11 Å². The molecule has 0 bridgehead atoms. The molecule has 100 valence electrons. The average molecular weight is 255 g/mol. The molecule has 0 radical (unpaired) electrons. The van der Waals surface area contributed by atoms with Gasteiger partial charge in [-0.05, 0) is 41.2 Å². The first kappa shape index (κ1) is 13.8. The third-order valence-corrected chi connectivity index (χ3v) is 3.53. The van der Waals surface area contributed by atoms with Gasteiger partial charge in [-0.25, -0.2) is 0 Å². The molecule has 2 heteroatoms. The summed E-state index contributed by atoms with van der Waals surface area (Å²) in [6.45, 7) is 4.55. The van der Waals surface area contributed by atoms with E-state index in [2.05, 4.69) is 43.1 Å². The lowest BCUT2D eigenvalue weighted by molar-refractivity contribution is 0.264. The predicted octanol–water partition coefficient (Wildman–Crippen LogP) is 3.52. The minimum absolute atomic E-state index is 0.156. The van der Waals surface area contributed by atoms with E-state index in [9.17, 15) is 5.11 Å². The second-order valence-electron chi connectivity index (χ2n) is 5.26. The number of rotatable bonds is 5. The van der Waals surface area contributed by atoms with E-state index in [0.29, 0.717) is 5.92 Å². The molecule has 0 aliphatic heterocycles. The molecule has 0 fully saturated rings. The maximum Gasteiger partial charge on any atom is 0.0502 e. The predicted molar refractivity (Wildman–Crippen MR) is 78.3 cm³/mol. The summed E-state index contributed by atoms with van der Waals surface area (Å²) in [7, 11) is 0. The number of aromatic nitrogens is 1. The maximum atomic E-state index is 9.60. The molecule has 0 spiro atoms. The number of nitrogens with zero attached hydrogens (tertiary/aromatic N) is 1. The molecule has 2 nitrogen and oxygen atoms in total. The highest BCUT2D eigenvalue weighted by atomic mass is 16.3. The second-order valence-corrected chi connectivity index (χ2v) is 5.26. The van der Waals surface area contributed by atoms with E-state index < -0.39 is 0 Å². The van der Waals surface area contributed by atoms with Crippen molar-refractivity contribution in [2.45, 2.75) is 32.1 Å². The van der Waals surface area contributed by atoms with Gasteiger partial charge in [0.2, 0.25) is 0 Å². The number of aliphatic hydroxyl groups is 1. The third kappa shape index (κ3) is 3.65. The van der Waals surface area contributed by atoms with E-state index in [1.54, 1.807) is 12.4 Å². The zero-order valence-electron chi connectivity index (χ0n) is 11.6. The van der Waals surface area contributed by atoms with Crippen LogP contribution in [0.25, 0.3) is 0 Å². The van der Waals surface area contributed by atoms with E-state index in [1.807, 2.05) is 12.1 Å². The fourth-order valence-corrected chi connectivity index (χ4v) is 2.24. The highest BCUT2D eigenvalue weighted by molar-refractivity contribution is 5.28. The Labute approximate surface area is 115 Å². The largest absolute Gasteiger partial charge is 0.396 e. The van der Waals surface area contributed by atoms with Gasteiger partial charge in [0.15, 0.2) is 0 Å². The molecule has 1 atom stereocenters. The van der Waals surface area contributed by atoms with Crippen LogP contribution in [0.4, 0.5) is 0 Å². The Bertz CT molecular complexity index is 490. The summed E-state index contributed by atoms with van der Waals surface area (Å²) < 4.78 is 0. The number of hydrogen-bond acceptors (Lipinski definition) is 2.